The van der Waals surface area contributed by atoms with Gasteiger partial charge in [-0.25, -0.2) is 4.79 Å². The third kappa shape index (κ3) is 5.73. The maximum Gasteiger partial charge on any atom is 0.341 e. The average Bonchev–Trinajstić information content (AvgIpc) is 2.71. The summed E-state index contributed by atoms with van der Waals surface area (Å²) in [6.45, 7) is 0. The Morgan fingerprint density at radius 2 is 1.58 bits per heavy atom. The zero-order valence-corrected chi connectivity index (χ0v) is 17.8. The van der Waals surface area contributed by atoms with Crippen LogP contribution in [0.25, 0.3) is 0 Å². The smallest absolute Gasteiger partial charge is 0.341 e. The van der Waals surface area contributed by atoms with Crippen molar-refractivity contribution in [3.8, 4) is 0 Å². The molecule has 1 amide bonds. The maximum atomic E-state index is 12.9. The lowest BCUT2D eigenvalue weighted by molar-refractivity contribution is -0.384. The molecule has 0 fully saturated rings. The van der Waals surface area contributed by atoms with Crippen LogP contribution in [0.1, 0.15) is 22.0 Å². The van der Waals surface area contributed by atoms with E-state index in [1.165, 1.54) is 24.3 Å². The first kappa shape index (κ1) is 22.6. The molecule has 0 aromatic heterocycles. The molecule has 0 saturated heterocycles. The van der Waals surface area contributed by atoms with Gasteiger partial charge in [-0.3, -0.25) is 14.9 Å². The molecule has 0 aliphatic heterocycles. The number of hydrogen-bond acceptors (Lipinski definition) is 5. The fourth-order valence-electron chi connectivity index (χ4n) is 2.69. The van der Waals surface area contributed by atoms with Crippen molar-refractivity contribution in [2.75, 3.05) is 5.32 Å². The molecule has 0 saturated carbocycles. The molecule has 7 nitrogen and oxygen atoms in total. The Morgan fingerprint density at radius 1 is 0.935 bits per heavy atom. The van der Waals surface area contributed by atoms with E-state index in [-0.39, 0.29) is 16.3 Å². The van der Waals surface area contributed by atoms with Crippen LogP contribution in [0.15, 0.2) is 66.7 Å². The predicted molar refractivity (Wildman–Crippen MR) is 118 cm³/mol. The minimum atomic E-state index is -1.37. The Labute approximate surface area is 191 Å². The van der Waals surface area contributed by atoms with E-state index < -0.39 is 22.9 Å². The molecule has 0 aliphatic rings. The number of carbonyl (C=O) groups is 2. The summed E-state index contributed by atoms with van der Waals surface area (Å²) < 4.78 is 5.41. The molecule has 3 aromatic rings. The van der Waals surface area contributed by atoms with Crippen molar-refractivity contribution < 1.29 is 19.2 Å². The first-order chi connectivity index (χ1) is 14.7. The molecule has 158 valence electrons. The maximum absolute atomic E-state index is 12.9. The highest BCUT2D eigenvalue weighted by molar-refractivity contribution is 6.35. The molecule has 3 aromatic carbocycles. The molecule has 0 heterocycles. The summed E-state index contributed by atoms with van der Waals surface area (Å²) in [6, 6.07) is 16.1. The van der Waals surface area contributed by atoms with E-state index in [0.717, 1.165) is 12.1 Å². The zero-order valence-electron chi connectivity index (χ0n) is 15.6. The SMILES string of the molecule is O=C(O[C@H](C(=O)Nc1cc(Cl)cc(Cl)c1)c1ccccc1)c1cc([N+](=O)[O-])ccc1Cl. The summed E-state index contributed by atoms with van der Waals surface area (Å²) in [6.07, 6.45) is -1.37. The lowest BCUT2D eigenvalue weighted by atomic mass is 10.1. The van der Waals surface area contributed by atoms with Crippen molar-refractivity contribution in [2.24, 2.45) is 0 Å². The average molecular weight is 480 g/mol. The van der Waals surface area contributed by atoms with E-state index in [9.17, 15) is 19.7 Å². The van der Waals surface area contributed by atoms with Gasteiger partial charge < -0.3 is 10.1 Å². The van der Waals surface area contributed by atoms with E-state index in [4.69, 9.17) is 39.5 Å². The number of esters is 1. The number of nitro benzene ring substituents is 1. The summed E-state index contributed by atoms with van der Waals surface area (Å²) in [7, 11) is 0. The molecule has 0 unspecified atom stereocenters. The molecule has 3 rings (SSSR count). The minimum Gasteiger partial charge on any atom is -0.444 e. The third-order valence-corrected chi connectivity index (χ3v) is 4.84. The number of ether oxygens (including phenoxy) is 1. The Balaban J connectivity index is 1.91. The van der Waals surface area contributed by atoms with Crippen molar-refractivity contribution >= 4 is 58.1 Å². The Kier molecular flexibility index (Phi) is 7.12. The standard InChI is InChI=1S/C21H13Cl3N2O5/c22-13-8-14(23)10-15(9-13)25-20(27)19(12-4-2-1-3-5-12)31-21(28)17-11-16(26(29)30)6-7-18(17)24/h1-11,19H,(H,25,27)/t19-/m0/s1. The number of amides is 1. The van der Waals surface area contributed by atoms with Crippen molar-refractivity contribution in [3.05, 3.63) is 103 Å². The lowest BCUT2D eigenvalue weighted by Crippen LogP contribution is -2.26. The molecule has 1 atom stereocenters. The van der Waals surface area contributed by atoms with Gasteiger partial charge in [0.05, 0.1) is 15.5 Å². The molecule has 0 radical (unpaired) electrons. The van der Waals surface area contributed by atoms with Crippen molar-refractivity contribution in [1.82, 2.24) is 0 Å². The van der Waals surface area contributed by atoms with Gasteiger partial charge in [0.1, 0.15) is 0 Å². The highest BCUT2D eigenvalue weighted by Crippen LogP contribution is 2.28. The highest BCUT2D eigenvalue weighted by atomic mass is 35.5. The van der Waals surface area contributed by atoms with Gasteiger partial charge in [-0.2, -0.15) is 0 Å². The van der Waals surface area contributed by atoms with Crippen LogP contribution in [0, 0.1) is 10.1 Å². The molecular formula is C21H13Cl3N2O5. The quantitative estimate of drug-likeness (QED) is 0.262. The fraction of sp³-hybridized carbons (Fsp3) is 0.0476. The summed E-state index contributed by atoms with van der Waals surface area (Å²) in [4.78, 5) is 36.0. The van der Waals surface area contributed by atoms with Gasteiger partial charge >= 0.3 is 5.97 Å². The van der Waals surface area contributed by atoms with Gasteiger partial charge in [0, 0.05) is 33.4 Å². The zero-order chi connectivity index (χ0) is 22.5. The summed E-state index contributed by atoms with van der Waals surface area (Å²) in [5.41, 5.74) is 0.0944. The van der Waals surface area contributed by atoms with Crippen molar-refractivity contribution in [2.45, 2.75) is 6.10 Å². The van der Waals surface area contributed by atoms with Crippen LogP contribution >= 0.6 is 34.8 Å². The van der Waals surface area contributed by atoms with Crippen LogP contribution in [0.5, 0.6) is 0 Å². The molecule has 31 heavy (non-hydrogen) atoms. The number of anilines is 1. The van der Waals surface area contributed by atoms with Crippen LogP contribution in [0.3, 0.4) is 0 Å². The van der Waals surface area contributed by atoms with Crippen LogP contribution in [-0.2, 0) is 9.53 Å². The molecule has 0 spiro atoms. The number of nitrogens with zero attached hydrogens (tertiary/aromatic N) is 1. The van der Waals surface area contributed by atoms with Crippen LogP contribution in [0.4, 0.5) is 11.4 Å². The van der Waals surface area contributed by atoms with Gasteiger partial charge in [-0.15, -0.1) is 0 Å². The number of rotatable bonds is 6. The fourth-order valence-corrected chi connectivity index (χ4v) is 3.41. The van der Waals surface area contributed by atoms with Gasteiger partial charge in [0.15, 0.2) is 0 Å². The molecular weight excluding hydrogens is 467 g/mol. The second kappa shape index (κ2) is 9.78. The van der Waals surface area contributed by atoms with Crippen LogP contribution in [0.2, 0.25) is 15.1 Å². The van der Waals surface area contributed by atoms with Crippen LogP contribution in [-0.4, -0.2) is 16.8 Å². The van der Waals surface area contributed by atoms with E-state index in [1.807, 2.05) is 0 Å². The molecule has 0 bridgehead atoms. The van der Waals surface area contributed by atoms with Crippen molar-refractivity contribution in [3.63, 3.8) is 0 Å². The second-order valence-electron chi connectivity index (χ2n) is 6.26. The van der Waals surface area contributed by atoms with Gasteiger partial charge in [-0.05, 0) is 24.3 Å². The minimum absolute atomic E-state index is 0.0514. The number of nitro groups is 1. The Morgan fingerprint density at radius 3 is 2.19 bits per heavy atom. The largest absolute Gasteiger partial charge is 0.444 e. The van der Waals surface area contributed by atoms with Gasteiger partial charge in [0.25, 0.3) is 11.6 Å². The lowest BCUT2D eigenvalue weighted by Gasteiger charge is -2.18. The number of hydrogen-bond donors (Lipinski definition) is 1. The first-order valence-corrected chi connectivity index (χ1v) is 9.85. The van der Waals surface area contributed by atoms with Gasteiger partial charge in [-0.1, -0.05) is 65.1 Å². The van der Waals surface area contributed by atoms with E-state index >= 15 is 0 Å². The summed E-state index contributed by atoms with van der Waals surface area (Å²) in [5.74, 6) is -1.68. The normalized spacial score (nSPS) is 11.5. The third-order valence-electron chi connectivity index (χ3n) is 4.08. The van der Waals surface area contributed by atoms with E-state index in [2.05, 4.69) is 5.32 Å². The van der Waals surface area contributed by atoms with E-state index in [0.29, 0.717) is 21.3 Å². The van der Waals surface area contributed by atoms with Crippen LogP contribution < -0.4 is 5.32 Å². The predicted octanol–water partition coefficient (Wildman–Crippen LogP) is 6.09. The molecule has 0 aliphatic carbocycles. The number of nitrogens with one attached hydrogen (secondary N) is 1. The highest BCUT2D eigenvalue weighted by Gasteiger charge is 2.28. The van der Waals surface area contributed by atoms with Gasteiger partial charge in [0.2, 0.25) is 6.10 Å². The topological polar surface area (TPSA) is 98.5 Å². The monoisotopic (exact) mass is 478 g/mol. The summed E-state index contributed by atoms with van der Waals surface area (Å²) in [5, 5.41) is 14.2. The Bertz CT molecular complexity index is 1130. The number of benzene rings is 3. The summed E-state index contributed by atoms with van der Waals surface area (Å²) >= 11 is 17.9. The van der Waals surface area contributed by atoms with E-state index in [1.54, 1.807) is 30.3 Å². The molecule has 1 N–H and O–H groups in total. The van der Waals surface area contributed by atoms with Crippen molar-refractivity contribution in [1.29, 1.82) is 0 Å². The molecule has 10 heteroatoms. The number of carbonyl (C=O) groups excluding carboxylic acids is 2. The second-order valence-corrected chi connectivity index (χ2v) is 7.54. The first-order valence-electron chi connectivity index (χ1n) is 8.71. The number of non-ortho nitro benzene ring substituents is 1. The Hall–Kier alpha value is -3.13. The number of halogens is 3.